The number of nitrogens with zero attached hydrogens (tertiary/aromatic N) is 4. The SMILES string of the molecule is [C-]#[N+]c1cc2ncccn2n1. The monoisotopic (exact) mass is 144 g/mol. The molecule has 0 aromatic carbocycles. The summed E-state index contributed by atoms with van der Waals surface area (Å²) in [6.45, 7) is 6.70. The first-order chi connectivity index (χ1) is 5.40. The molecular formula is C7H4N4. The molecule has 2 rings (SSSR count). The fraction of sp³-hybridized carbons (Fsp3) is 0. The van der Waals surface area contributed by atoms with Crippen molar-refractivity contribution < 1.29 is 0 Å². The molecule has 0 saturated heterocycles. The first-order valence-corrected chi connectivity index (χ1v) is 3.08. The molecule has 52 valence electrons. The van der Waals surface area contributed by atoms with Crippen molar-refractivity contribution >= 4 is 11.5 Å². The molecule has 0 aliphatic rings. The second-order valence-corrected chi connectivity index (χ2v) is 2.04. The van der Waals surface area contributed by atoms with E-state index in [4.69, 9.17) is 6.57 Å². The second kappa shape index (κ2) is 2.06. The normalized spacial score (nSPS) is 9.73. The van der Waals surface area contributed by atoms with Gasteiger partial charge in [0.2, 0.25) is 0 Å². The molecule has 0 unspecified atom stereocenters. The second-order valence-electron chi connectivity index (χ2n) is 2.04. The van der Waals surface area contributed by atoms with E-state index in [0.717, 1.165) is 0 Å². The predicted octanol–water partition coefficient (Wildman–Crippen LogP) is 1.28. The van der Waals surface area contributed by atoms with Crippen LogP contribution in [0.25, 0.3) is 10.5 Å². The number of rotatable bonds is 0. The molecule has 2 aromatic heterocycles. The molecule has 0 saturated carbocycles. The Kier molecular flexibility index (Phi) is 1.10. The third-order valence-corrected chi connectivity index (χ3v) is 1.34. The summed E-state index contributed by atoms with van der Waals surface area (Å²) in [7, 11) is 0. The summed E-state index contributed by atoms with van der Waals surface area (Å²) in [4.78, 5) is 7.19. The Morgan fingerprint density at radius 2 is 2.45 bits per heavy atom. The van der Waals surface area contributed by atoms with Gasteiger partial charge in [-0.15, -0.1) is 4.52 Å². The zero-order valence-corrected chi connectivity index (χ0v) is 5.60. The van der Waals surface area contributed by atoms with Crippen molar-refractivity contribution in [1.82, 2.24) is 14.6 Å². The van der Waals surface area contributed by atoms with Gasteiger partial charge in [-0.3, -0.25) is 0 Å². The Labute approximate surface area is 62.9 Å². The van der Waals surface area contributed by atoms with Gasteiger partial charge in [0.1, 0.15) is 0 Å². The summed E-state index contributed by atoms with van der Waals surface area (Å²) in [5, 5.41) is 3.93. The smallest absolute Gasteiger partial charge is 0.298 e. The Morgan fingerprint density at radius 1 is 1.55 bits per heavy atom. The Balaban J connectivity index is 2.81. The zero-order chi connectivity index (χ0) is 7.68. The molecule has 0 spiro atoms. The lowest BCUT2D eigenvalue weighted by Crippen LogP contribution is -1.85. The van der Waals surface area contributed by atoms with Crippen LogP contribution in [-0.2, 0) is 0 Å². The average molecular weight is 144 g/mol. The summed E-state index contributed by atoms with van der Waals surface area (Å²) in [6.07, 6.45) is 3.43. The molecule has 0 bridgehead atoms. The van der Waals surface area contributed by atoms with E-state index in [1.54, 1.807) is 29.0 Å². The van der Waals surface area contributed by atoms with Crippen LogP contribution < -0.4 is 0 Å². The van der Waals surface area contributed by atoms with Crippen molar-refractivity contribution in [1.29, 1.82) is 0 Å². The van der Waals surface area contributed by atoms with Crippen molar-refractivity contribution in [2.45, 2.75) is 0 Å². The van der Waals surface area contributed by atoms with Crippen LogP contribution in [0.2, 0.25) is 0 Å². The van der Waals surface area contributed by atoms with Gasteiger partial charge in [-0.25, -0.2) is 4.98 Å². The number of hydrogen-bond acceptors (Lipinski definition) is 2. The lowest BCUT2D eigenvalue weighted by molar-refractivity contribution is 0.947. The van der Waals surface area contributed by atoms with Gasteiger partial charge in [-0.05, 0) is 11.2 Å². The summed E-state index contributed by atoms with van der Waals surface area (Å²) >= 11 is 0. The van der Waals surface area contributed by atoms with Crippen LogP contribution in [0.4, 0.5) is 5.82 Å². The Morgan fingerprint density at radius 3 is 3.18 bits per heavy atom. The lowest BCUT2D eigenvalue weighted by atomic mass is 10.6. The molecule has 0 aliphatic heterocycles. The van der Waals surface area contributed by atoms with Gasteiger partial charge in [0, 0.05) is 12.3 Å². The maximum Gasteiger partial charge on any atom is 0.298 e. The van der Waals surface area contributed by atoms with Crippen LogP contribution in [0.15, 0.2) is 24.5 Å². The minimum Gasteiger partial charge on any atom is -0.359 e. The van der Waals surface area contributed by atoms with Crippen LogP contribution in [0.3, 0.4) is 0 Å². The fourth-order valence-corrected chi connectivity index (χ4v) is 0.872. The molecule has 11 heavy (non-hydrogen) atoms. The molecule has 2 aromatic rings. The van der Waals surface area contributed by atoms with Crippen molar-refractivity contribution in [2.75, 3.05) is 0 Å². The molecule has 2 heterocycles. The number of aromatic nitrogens is 3. The van der Waals surface area contributed by atoms with Gasteiger partial charge in [-0.1, -0.05) is 6.57 Å². The quantitative estimate of drug-likeness (QED) is 0.522. The highest BCUT2D eigenvalue weighted by molar-refractivity contribution is 5.50. The highest BCUT2D eigenvalue weighted by Gasteiger charge is 2.00. The van der Waals surface area contributed by atoms with Crippen molar-refractivity contribution in [2.24, 2.45) is 0 Å². The van der Waals surface area contributed by atoms with E-state index >= 15 is 0 Å². The van der Waals surface area contributed by atoms with E-state index in [-0.39, 0.29) is 0 Å². The highest BCUT2D eigenvalue weighted by atomic mass is 15.3. The summed E-state index contributed by atoms with van der Waals surface area (Å²) < 4.78 is 1.58. The van der Waals surface area contributed by atoms with Crippen LogP contribution in [0.1, 0.15) is 0 Å². The van der Waals surface area contributed by atoms with Crippen LogP contribution in [-0.4, -0.2) is 14.6 Å². The van der Waals surface area contributed by atoms with E-state index in [9.17, 15) is 0 Å². The van der Waals surface area contributed by atoms with Crippen LogP contribution >= 0.6 is 0 Å². The van der Waals surface area contributed by atoms with Gasteiger partial charge in [0.05, 0.1) is 6.20 Å². The predicted molar refractivity (Wildman–Crippen MR) is 39.2 cm³/mol. The van der Waals surface area contributed by atoms with Crippen molar-refractivity contribution in [3.63, 3.8) is 0 Å². The molecule has 4 nitrogen and oxygen atoms in total. The number of hydrogen-bond donors (Lipinski definition) is 0. The Bertz CT molecular complexity index is 390. The molecule has 0 fully saturated rings. The third-order valence-electron chi connectivity index (χ3n) is 1.34. The van der Waals surface area contributed by atoms with Gasteiger partial charge in [-0.2, -0.15) is 0 Å². The van der Waals surface area contributed by atoms with E-state index < -0.39 is 0 Å². The molecule has 0 aliphatic carbocycles. The van der Waals surface area contributed by atoms with E-state index in [1.807, 2.05) is 0 Å². The highest BCUT2D eigenvalue weighted by Crippen LogP contribution is 2.09. The molecule has 0 radical (unpaired) electrons. The maximum absolute atomic E-state index is 6.70. The third kappa shape index (κ3) is 0.829. The van der Waals surface area contributed by atoms with Crippen LogP contribution in [0.5, 0.6) is 0 Å². The zero-order valence-electron chi connectivity index (χ0n) is 5.60. The molecule has 4 heteroatoms. The minimum absolute atomic E-state index is 0.378. The standard InChI is InChI=1S/C7H4N4/c1-8-6-5-7-9-3-2-4-11(7)10-6/h2-5H. The fourth-order valence-electron chi connectivity index (χ4n) is 0.872. The van der Waals surface area contributed by atoms with Gasteiger partial charge < -0.3 is 4.85 Å². The molecule has 0 atom stereocenters. The van der Waals surface area contributed by atoms with Crippen molar-refractivity contribution in [3.8, 4) is 0 Å². The first-order valence-electron chi connectivity index (χ1n) is 3.08. The lowest BCUT2D eigenvalue weighted by Gasteiger charge is -1.82. The molecular weight excluding hydrogens is 140 g/mol. The minimum atomic E-state index is 0.378. The average Bonchev–Trinajstić information content (AvgIpc) is 2.46. The van der Waals surface area contributed by atoms with Gasteiger partial charge in [0.15, 0.2) is 5.65 Å². The summed E-state index contributed by atoms with van der Waals surface area (Å²) in [5.41, 5.74) is 0.707. The molecule has 0 N–H and O–H groups in total. The summed E-state index contributed by atoms with van der Waals surface area (Å²) in [5.74, 6) is 0.378. The van der Waals surface area contributed by atoms with Crippen molar-refractivity contribution in [3.05, 3.63) is 35.9 Å². The van der Waals surface area contributed by atoms with E-state index in [2.05, 4.69) is 14.9 Å². The largest absolute Gasteiger partial charge is 0.359 e. The first kappa shape index (κ1) is 5.86. The Hall–Kier alpha value is -1.89. The van der Waals surface area contributed by atoms with Gasteiger partial charge in [0.25, 0.3) is 5.82 Å². The van der Waals surface area contributed by atoms with Crippen LogP contribution in [0, 0.1) is 6.57 Å². The topological polar surface area (TPSA) is 34.5 Å². The van der Waals surface area contributed by atoms with E-state index in [0.29, 0.717) is 11.5 Å². The maximum atomic E-state index is 6.70. The molecule has 0 amide bonds. The summed E-state index contributed by atoms with van der Waals surface area (Å²) in [6, 6.07) is 3.42. The number of fused-ring (bicyclic) bond motifs is 1. The van der Waals surface area contributed by atoms with E-state index in [1.165, 1.54) is 0 Å². The van der Waals surface area contributed by atoms with Gasteiger partial charge >= 0.3 is 0 Å².